The van der Waals surface area contributed by atoms with E-state index in [1.54, 1.807) is 12.1 Å². The summed E-state index contributed by atoms with van der Waals surface area (Å²) >= 11 is 0. The van der Waals surface area contributed by atoms with E-state index in [0.717, 1.165) is 16.5 Å². The van der Waals surface area contributed by atoms with Crippen molar-refractivity contribution in [3.05, 3.63) is 80.7 Å². The topological polar surface area (TPSA) is 80.3 Å². The molecule has 2 aromatic carbocycles. The lowest BCUT2D eigenvalue weighted by atomic mass is 10.0. The predicted octanol–water partition coefficient (Wildman–Crippen LogP) is 3.64. The third-order valence-electron chi connectivity index (χ3n) is 4.13. The molecular formula is C20H15NO4. The van der Waals surface area contributed by atoms with E-state index in [1.165, 1.54) is 18.2 Å². The van der Waals surface area contributed by atoms with Crippen molar-refractivity contribution in [3.63, 3.8) is 0 Å². The van der Waals surface area contributed by atoms with E-state index in [1.807, 2.05) is 32.0 Å². The van der Waals surface area contributed by atoms with Crippen molar-refractivity contribution in [2.75, 3.05) is 0 Å². The molecule has 0 aliphatic heterocycles. The highest BCUT2D eigenvalue weighted by Gasteiger charge is 2.12. The maximum atomic E-state index is 12.2. The molecule has 0 saturated heterocycles. The van der Waals surface area contributed by atoms with Gasteiger partial charge < -0.3 is 9.15 Å². The molecule has 25 heavy (non-hydrogen) atoms. The second-order valence-corrected chi connectivity index (χ2v) is 5.74. The molecule has 0 atom stereocenters. The van der Waals surface area contributed by atoms with E-state index < -0.39 is 11.6 Å². The fraction of sp³-hybridized carbons (Fsp3) is 0.150. The number of carbonyl (C=O) groups excluding carboxylic acids is 1. The number of fused-ring (bicyclic) bond motifs is 1. The maximum Gasteiger partial charge on any atom is 0.338 e. The van der Waals surface area contributed by atoms with Gasteiger partial charge in [-0.3, -0.25) is 0 Å². The Hall–Kier alpha value is -3.39. The SMILES string of the molecule is Cc1ccc2c(COC(=O)c3ccc(C#N)cc3)cc(=O)oc2c1C. The van der Waals surface area contributed by atoms with Crippen LogP contribution in [0, 0.1) is 25.2 Å². The first-order valence-corrected chi connectivity index (χ1v) is 7.70. The quantitative estimate of drug-likeness (QED) is 0.540. The zero-order valence-electron chi connectivity index (χ0n) is 13.8. The number of rotatable bonds is 3. The first kappa shape index (κ1) is 16.5. The average molecular weight is 333 g/mol. The number of nitrogens with zero attached hydrogens (tertiary/aromatic N) is 1. The number of hydrogen-bond donors (Lipinski definition) is 0. The average Bonchev–Trinajstić information content (AvgIpc) is 2.63. The monoisotopic (exact) mass is 333 g/mol. The van der Waals surface area contributed by atoms with Crippen LogP contribution in [0.25, 0.3) is 11.0 Å². The molecule has 3 rings (SSSR count). The standard InChI is InChI=1S/C20H15NO4/c1-12-3-8-17-16(9-18(22)25-19(17)13(12)2)11-24-20(23)15-6-4-14(10-21)5-7-15/h3-9H,11H2,1-2H3. The van der Waals surface area contributed by atoms with Gasteiger partial charge in [0.25, 0.3) is 0 Å². The summed E-state index contributed by atoms with van der Waals surface area (Å²) in [5, 5.41) is 9.53. The summed E-state index contributed by atoms with van der Waals surface area (Å²) in [4.78, 5) is 24.0. The van der Waals surface area contributed by atoms with E-state index in [4.69, 9.17) is 14.4 Å². The molecule has 3 aromatic rings. The Morgan fingerprint density at radius 3 is 2.56 bits per heavy atom. The number of benzene rings is 2. The summed E-state index contributed by atoms with van der Waals surface area (Å²) in [5.41, 5.74) is 3.34. The van der Waals surface area contributed by atoms with Crippen LogP contribution in [0.15, 0.2) is 51.7 Å². The molecule has 0 saturated carbocycles. The van der Waals surface area contributed by atoms with Crippen molar-refractivity contribution in [2.24, 2.45) is 0 Å². The second kappa shape index (κ2) is 6.62. The lowest BCUT2D eigenvalue weighted by Crippen LogP contribution is -2.08. The summed E-state index contributed by atoms with van der Waals surface area (Å²) in [7, 11) is 0. The van der Waals surface area contributed by atoms with Gasteiger partial charge in [-0.25, -0.2) is 9.59 Å². The van der Waals surface area contributed by atoms with Crippen LogP contribution in [0.3, 0.4) is 0 Å². The van der Waals surface area contributed by atoms with Crippen LogP contribution < -0.4 is 5.63 Å². The molecule has 5 heteroatoms. The minimum atomic E-state index is -0.519. The first-order chi connectivity index (χ1) is 12.0. The molecule has 0 spiro atoms. The summed E-state index contributed by atoms with van der Waals surface area (Å²) < 4.78 is 10.6. The van der Waals surface area contributed by atoms with Gasteiger partial charge in [0.2, 0.25) is 0 Å². The van der Waals surface area contributed by atoms with E-state index >= 15 is 0 Å². The summed E-state index contributed by atoms with van der Waals surface area (Å²) in [6.45, 7) is 3.78. The molecule has 0 aliphatic carbocycles. The molecule has 1 heterocycles. The molecule has 0 radical (unpaired) electrons. The van der Waals surface area contributed by atoms with E-state index in [0.29, 0.717) is 22.3 Å². The number of esters is 1. The molecule has 0 amide bonds. The van der Waals surface area contributed by atoms with Gasteiger partial charge in [0, 0.05) is 17.0 Å². The van der Waals surface area contributed by atoms with Crippen LogP contribution in [0.5, 0.6) is 0 Å². The third kappa shape index (κ3) is 3.29. The minimum Gasteiger partial charge on any atom is -0.457 e. The molecule has 0 unspecified atom stereocenters. The number of aryl methyl sites for hydroxylation is 2. The molecular weight excluding hydrogens is 318 g/mol. The van der Waals surface area contributed by atoms with Crippen molar-refractivity contribution in [1.29, 1.82) is 5.26 Å². The van der Waals surface area contributed by atoms with E-state index in [2.05, 4.69) is 0 Å². The molecule has 124 valence electrons. The van der Waals surface area contributed by atoms with Gasteiger partial charge in [0.05, 0.1) is 17.2 Å². The smallest absolute Gasteiger partial charge is 0.338 e. The van der Waals surface area contributed by atoms with Crippen molar-refractivity contribution in [2.45, 2.75) is 20.5 Å². The molecule has 0 fully saturated rings. The zero-order chi connectivity index (χ0) is 18.0. The lowest BCUT2D eigenvalue weighted by Gasteiger charge is -2.10. The lowest BCUT2D eigenvalue weighted by molar-refractivity contribution is 0.0474. The van der Waals surface area contributed by atoms with Gasteiger partial charge in [-0.05, 0) is 49.2 Å². The highest BCUT2D eigenvalue weighted by atomic mass is 16.5. The van der Waals surface area contributed by atoms with Crippen LogP contribution >= 0.6 is 0 Å². The van der Waals surface area contributed by atoms with Gasteiger partial charge in [-0.2, -0.15) is 5.26 Å². The Bertz CT molecular complexity index is 1060. The van der Waals surface area contributed by atoms with Gasteiger partial charge in [-0.15, -0.1) is 0 Å². The normalized spacial score (nSPS) is 10.4. The third-order valence-corrected chi connectivity index (χ3v) is 4.13. The van der Waals surface area contributed by atoms with Crippen molar-refractivity contribution in [3.8, 4) is 6.07 Å². The Morgan fingerprint density at radius 2 is 1.88 bits per heavy atom. The van der Waals surface area contributed by atoms with Crippen molar-refractivity contribution in [1.82, 2.24) is 0 Å². The predicted molar refractivity (Wildman–Crippen MR) is 92.2 cm³/mol. The largest absolute Gasteiger partial charge is 0.457 e. The number of hydrogen-bond acceptors (Lipinski definition) is 5. The van der Waals surface area contributed by atoms with Crippen LogP contribution in [0.4, 0.5) is 0 Å². The van der Waals surface area contributed by atoms with Crippen LogP contribution in [-0.4, -0.2) is 5.97 Å². The van der Waals surface area contributed by atoms with Crippen molar-refractivity contribution < 1.29 is 13.9 Å². The van der Waals surface area contributed by atoms with Gasteiger partial charge in [0.15, 0.2) is 0 Å². The van der Waals surface area contributed by atoms with E-state index in [-0.39, 0.29) is 6.61 Å². The van der Waals surface area contributed by atoms with Gasteiger partial charge in [-0.1, -0.05) is 12.1 Å². The Labute approximate surface area is 144 Å². The number of carbonyl (C=O) groups is 1. The number of nitriles is 1. The highest BCUT2D eigenvalue weighted by Crippen LogP contribution is 2.23. The Balaban J connectivity index is 1.88. The minimum absolute atomic E-state index is 0.0383. The maximum absolute atomic E-state index is 12.2. The molecule has 5 nitrogen and oxygen atoms in total. The highest BCUT2D eigenvalue weighted by molar-refractivity contribution is 5.90. The second-order valence-electron chi connectivity index (χ2n) is 5.74. The molecule has 1 aromatic heterocycles. The fourth-order valence-electron chi connectivity index (χ4n) is 2.55. The van der Waals surface area contributed by atoms with Crippen LogP contribution in [0.2, 0.25) is 0 Å². The molecule has 0 bridgehead atoms. The first-order valence-electron chi connectivity index (χ1n) is 7.70. The molecule has 0 N–H and O–H groups in total. The Kier molecular flexibility index (Phi) is 4.36. The number of ether oxygens (including phenoxy) is 1. The van der Waals surface area contributed by atoms with Crippen LogP contribution in [0.1, 0.15) is 32.6 Å². The van der Waals surface area contributed by atoms with Crippen LogP contribution in [-0.2, 0) is 11.3 Å². The summed E-state index contributed by atoms with van der Waals surface area (Å²) in [6, 6.07) is 13.3. The summed E-state index contributed by atoms with van der Waals surface area (Å²) in [5.74, 6) is -0.519. The molecule has 0 aliphatic rings. The zero-order valence-corrected chi connectivity index (χ0v) is 13.8. The fourth-order valence-corrected chi connectivity index (χ4v) is 2.55. The van der Waals surface area contributed by atoms with Gasteiger partial charge in [0.1, 0.15) is 12.2 Å². The van der Waals surface area contributed by atoms with Crippen molar-refractivity contribution >= 4 is 16.9 Å². The Morgan fingerprint density at radius 1 is 1.16 bits per heavy atom. The summed E-state index contributed by atoms with van der Waals surface area (Å²) in [6.07, 6.45) is 0. The van der Waals surface area contributed by atoms with E-state index in [9.17, 15) is 9.59 Å². The van der Waals surface area contributed by atoms with Gasteiger partial charge >= 0.3 is 11.6 Å².